The van der Waals surface area contributed by atoms with E-state index in [0.717, 1.165) is 0 Å². The van der Waals surface area contributed by atoms with Gasteiger partial charge in [0, 0.05) is 16.2 Å². The Morgan fingerprint density at radius 2 is 1.72 bits per heavy atom. The van der Waals surface area contributed by atoms with Crippen LogP contribution in [0.2, 0.25) is 0 Å². The zero-order chi connectivity index (χ0) is 18.6. The van der Waals surface area contributed by atoms with E-state index >= 15 is 0 Å². The third kappa shape index (κ3) is 3.88. The van der Waals surface area contributed by atoms with Crippen LogP contribution >= 0.6 is 15.9 Å². The lowest BCUT2D eigenvalue weighted by atomic mass is 10.1. The van der Waals surface area contributed by atoms with Gasteiger partial charge in [-0.2, -0.15) is 0 Å². The third-order valence-corrected chi connectivity index (χ3v) is 4.17. The smallest absolute Gasteiger partial charge is 0.355 e. The standard InChI is InChI=1S/C18H16BrNO5/c1-11(21)12-7-8-14(19)15(10-12)20-9-5-4-6-13(17(22)24-2)16(20)18(23)25-3/h4-10H,1-3H3. The van der Waals surface area contributed by atoms with Crippen LogP contribution < -0.4 is 4.90 Å². The number of Topliss-reactive ketones (excluding diaryl/α,β-unsaturated/α-hetero) is 1. The number of hydrogen-bond donors (Lipinski definition) is 0. The quantitative estimate of drug-likeness (QED) is 0.565. The number of anilines is 1. The maximum absolute atomic E-state index is 12.4. The summed E-state index contributed by atoms with van der Waals surface area (Å²) in [5.41, 5.74) is 1.00. The Bertz CT molecular complexity index is 823. The van der Waals surface area contributed by atoms with Crippen molar-refractivity contribution in [1.82, 2.24) is 0 Å². The molecule has 0 spiro atoms. The number of nitrogens with zero attached hydrogens (tertiary/aromatic N) is 1. The molecule has 1 aliphatic rings. The topological polar surface area (TPSA) is 72.9 Å². The van der Waals surface area contributed by atoms with Gasteiger partial charge < -0.3 is 14.4 Å². The van der Waals surface area contributed by atoms with Crippen molar-refractivity contribution in [3.63, 3.8) is 0 Å². The van der Waals surface area contributed by atoms with E-state index in [1.54, 1.807) is 36.6 Å². The zero-order valence-corrected chi connectivity index (χ0v) is 15.5. The molecule has 0 aliphatic carbocycles. The summed E-state index contributed by atoms with van der Waals surface area (Å²) in [7, 11) is 2.45. The highest BCUT2D eigenvalue weighted by atomic mass is 79.9. The molecule has 0 aromatic heterocycles. The number of hydrogen-bond acceptors (Lipinski definition) is 6. The van der Waals surface area contributed by atoms with Crippen molar-refractivity contribution < 1.29 is 23.9 Å². The van der Waals surface area contributed by atoms with Gasteiger partial charge in [0.25, 0.3) is 0 Å². The molecule has 0 bridgehead atoms. The first-order chi connectivity index (χ1) is 11.9. The lowest BCUT2D eigenvalue weighted by Crippen LogP contribution is -2.27. The van der Waals surface area contributed by atoms with Gasteiger partial charge in [0.2, 0.25) is 0 Å². The fourth-order valence-electron chi connectivity index (χ4n) is 2.27. The van der Waals surface area contributed by atoms with E-state index in [1.165, 1.54) is 32.1 Å². The molecule has 130 valence electrons. The predicted octanol–water partition coefficient (Wildman–Crippen LogP) is 3.14. The maximum Gasteiger partial charge on any atom is 0.355 e. The Morgan fingerprint density at radius 1 is 1.04 bits per heavy atom. The molecule has 1 aromatic rings. The molecule has 0 atom stereocenters. The Kier molecular flexibility index (Phi) is 5.93. The van der Waals surface area contributed by atoms with Gasteiger partial charge in [0.15, 0.2) is 5.78 Å². The molecule has 1 aliphatic heterocycles. The van der Waals surface area contributed by atoms with Crippen LogP contribution in [0.5, 0.6) is 0 Å². The maximum atomic E-state index is 12.4. The van der Waals surface area contributed by atoms with E-state index in [9.17, 15) is 14.4 Å². The van der Waals surface area contributed by atoms with Crippen molar-refractivity contribution in [2.24, 2.45) is 0 Å². The van der Waals surface area contributed by atoms with Crippen LogP contribution in [-0.2, 0) is 19.1 Å². The number of allylic oxidation sites excluding steroid dienone is 2. The SMILES string of the molecule is COC(=O)C1=C(C(=O)OC)N(c2cc(C(C)=O)ccc2Br)C=CC=C1. The summed E-state index contributed by atoms with van der Waals surface area (Å²) in [4.78, 5) is 37.7. The Hall–Kier alpha value is -2.67. The second kappa shape index (κ2) is 7.94. The number of benzene rings is 1. The number of methoxy groups -OCH3 is 2. The summed E-state index contributed by atoms with van der Waals surface area (Å²) in [5, 5.41) is 0. The van der Waals surface area contributed by atoms with Gasteiger partial charge in [-0.05, 0) is 47.1 Å². The molecule has 7 heteroatoms. The molecule has 1 heterocycles. The van der Waals surface area contributed by atoms with Gasteiger partial charge in [-0.1, -0.05) is 12.1 Å². The summed E-state index contributed by atoms with van der Waals surface area (Å²) in [6.45, 7) is 1.45. The molecule has 0 N–H and O–H groups in total. The molecule has 1 aromatic carbocycles. The average Bonchev–Trinajstić information content (AvgIpc) is 2.83. The summed E-state index contributed by atoms with van der Waals surface area (Å²) < 4.78 is 10.2. The van der Waals surface area contributed by atoms with Gasteiger partial charge in [-0.15, -0.1) is 0 Å². The molecule has 0 radical (unpaired) electrons. The second-order valence-electron chi connectivity index (χ2n) is 5.04. The summed E-state index contributed by atoms with van der Waals surface area (Å²) in [5.74, 6) is -1.51. The van der Waals surface area contributed by atoms with Crippen molar-refractivity contribution >= 4 is 39.3 Å². The number of halogens is 1. The molecule has 0 amide bonds. The number of carbonyl (C=O) groups is 3. The lowest BCUT2D eigenvalue weighted by molar-refractivity contribution is -0.139. The van der Waals surface area contributed by atoms with Crippen LogP contribution in [0, 0.1) is 0 Å². The van der Waals surface area contributed by atoms with Gasteiger partial charge in [-0.3, -0.25) is 4.79 Å². The number of esters is 2. The minimum atomic E-state index is -0.711. The Labute approximate surface area is 153 Å². The molecule has 2 rings (SSSR count). The third-order valence-electron chi connectivity index (χ3n) is 3.50. The highest BCUT2D eigenvalue weighted by molar-refractivity contribution is 9.10. The van der Waals surface area contributed by atoms with Crippen molar-refractivity contribution in [2.45, 2.75) is 6.92 Å². The highest BCUT2D eigenvalue weighted by Crippen LogP contribution is 2.33. The van der Waals surface area contributed by atoms with Crippen LogP contribution in [-0.4, -0.2) is 31.9 Å². The second-order valence-corrected chi connectivity index (χ2v) is 5.89. The summed E-state index contributed by atoms with van der Waals surface area (Å²) in [6.07, 6.45) is 6.34. The molecule has 0 saturated carbocycles. The minimum Gasteiger partial charge on any atom is -0.465 e. The molecule has 0 fully saturated rings. The van der Waals surface area contributed by atoms with E-state index in [-0.39, 0.29) is 17.1 Å². The Balaban J connectivity index is 2.73. The normalized spacial score (nSPS) is 13.5. The monoisotopic (exact) mass is 405 g/mol. The van der Waals surface area contributed by atoms with Gasteiger partial charge in [0.05, 0.1) is 25.5 Å². The van der Waals surface area contributed by atoms with Crippen molar-refractivity contribution in [2.75, 3.05) is 19.1 Å². The fourth-order valence-corrected chi connectivity index (χ4v) is 2.71. The van der Waals surface area contributed by atoms with E-state index in [2.05, 4.69) is 15.9 Å². The van der Waals surface area contributed by atoms with Crippen LogP contribution in [0.15, 0.2) is 58.4 Å². The molecule has 25 heavy (non-hydrogen) atoms. The first kappa shape index (κ1) is 18.7. The van der Waals surface area contributed by atoms with Crippen LogP contribution in [0.25, 0.3) is 0 Å². The fraction of sp³-hybridized carbons (Fsp3) is 0.167. The minimum absolute atomic E-state index is 0.0132. The predicted molar refractivity (Wildman–Crippen MR) is 96.0 cm³/mol. The molecular weight excluding hydrogens is 390 g/mol. The van der Waals surface area contributed by atoms with Gasteiger partial charge in [-0.25, -0.2) is 9.59 Å². The first-order valence-electron chi connectivity index (χ1n) is 7.26. The largest absolute Gasteiger partial charge is 0.465 e. The van der Waals surface area contributed by atoms with Crippen LogP contribution in [0.4, 0.5) is 5.69 Å². The molecular formula is C18H16BrNO5. The lowest BCUT2D eigenvalue weighted by Gasteiger charge is -2.24. The zero-order valence-electron chi connectivity index (χ0n) is 13.9. The molecule has 0 saturated heterocycles. The number of carbonyl (C=O) groups excluding carboxylic acids is 3. The average molecular weight is 406 g/mol. The van der Waals surface area contributed by atoms with E-state index in [4.69, 9.17) is 9.47 Å². The first-order valence-corrected chi connectivity index (χ1v) is 8.05. The van der Waals surface area contributed by atoms with Gasteiger partial charge >= 0.3 is 11.9 Å². The number of ether oxygens (including phenoxy) is 2. The van der Waals surface area contributed by atoms with Crippen LogP contribution in [0.3, 0.4) is 0 Å². The summed E-state index contributed by atoms with van der Waals surface area (Å²) in [6, 6.07) is 4.99. The van der Waals surface area contributed by atoms with E-state index < -0.39 is 11.9 Å². The van der Waals surface area contributed by atoms with Crippen molar-refractivity contribution in [3.8, 4) is 0 Å². The van der Waals surface area contributed by atoms with Gasteiger partial charge in [0.1, 0.15) is 5.70 Å². The highest BCUT2D eigenvalue weighted by Gasteiger charge is 2.28. The van der Waals surface area contributed by atoms with E-state index in [1.807, 2.05) is 0 Å². The van der Waals surface area contributed by atoms with Crippen LogP contribution in [0.1, 0.15) is 17.3 Å². The van der Waals surface area contributed by atoms with Crippen molar-refractivity contribution in [1.29, 1.82) is 0 Å². The molecule has 6 nitrogen and oxygen atoms in total. The number of ketones is 1. The van der Waals surface area contributed by atoms with Crippen molar-refractivity contribution in [3.05, 3.63) is 63.9 Å². The molecule has 0 unspecified atom stereocenters. The summed E-state index contributed by atoms with van der Waals surface area (Å²) >= 11 is 3.42. The number of rotatable bonds is 4. The van der Waals surface area contributed by atoms with E-state index in [0.29, 0.717) is 15.7 Å². The Morgan fingerprint density at radius 3 is 2.32 bits per heavy atom.